The number of rotatable bonds is 23. The molecule has 0 saturated carbocycles. The van der Waals surface area contributed by atoms with E-state index >= 15 is 0 Å². The van der Waals surface area contributed by atoms with Crippen molar-refractivity contribution in [3.05, 3.63) is 0 Å². The zero-order valence-electron chi connectivity index (χ0n) is 24.4. The molecule has 1 aliphatic heterocycles. The molecule has 9 nitrogen and oxygen atoms in total. The molecule has 0 radical (unpaired) electrons. The van der Waals surface area contributed by atoms with Crippen LogP contribution in [0.1, 0.15) is 52.9 Å². The van der Waals surface area contributed by atoms with E-state index in [0.717, 1.165) is 31.6 Å². The second kappa shape index (κ2) is 20.2. The summed E-state index contributed by atoms with van der Waals surface area (Å²) in [5.74, 6) is 0. The second-order valence-corrected chi connectivity index (χ2v) is 18.4. The Balaban J connectivity index is 2.44. The smallest absolute Gasteiger partial charge is 0.377 e. The standard InChI is InChI=1S/C24H57N3O6Si3/c1-8-31-35(32-9-2,33-10-3)22-14-16-25-23-34-24(36(28-5,29-6)30-7)15-12-11-13-17-27-20-18-26(4)19-21-27/h24-25H,8-23,34H2,1-7H3. The lowest BCUT2D eigenvalue weighted by atomic mass is 10.2. The normalized spacial score (nSPS) is 17.4. The van der Waals surface area contributed by atoms with Crippen molar-refractivity contribution < 1.29 is 26.6 Å². The summed E-state index contributed by atoms with van der Waals surface area (Å²) in [5, 5.41) is 4.10. The molecule has 216 valence electrons. The summed E-state index contributed by atoms with van der Waals surface area (Å²) in [5.41, 5.74) is 0. The van der Waals surface area contributed by atoms with Crippen molar-refractivity contribution >= 4 is 27.1 Å². The average molecular weight is 568 g/mol. The number of unbranched alkanes of at least 4 members (excludes halogenated alkanes) is 2. The minimum atomic E-state index is -2.62. The molecule has 1 aliphatic rings. The van der Waals surface area contributed by atoms with Crippen molar-refractivity contribution in [2.75, 3.05) is 93.6 Å². The van der Waals surface area contributed by atoms with Crippen molar-refractivity contribution in [2.45, 2.75) is 64.1 Å². The largest absolute Gasteiger partial charge is 0.500 e. The van der Waals surface area contributed by atoms with E-state index in [4.69, 9.17) is 26.6 Å². The Morgan fingerprint density at radius 2 is 1.39 bits per heavy atom. The lowest BCUT2D eigenvalue weighted by molar-refractivity contribution is 0.0708. The van der Waals surface area contributed by atoms with Crippen LogP contribution in [0.25, 0.3) is 0 Å². The summed E-state index contributed by atoms with van der Waals surface area (Å²) in [6.07, 6.45) is 6.89. The SMILES string of the molecule is CCO[Si](CCCNC[SiH2]C(CCCCCN1CCN(C)CC1)[Si](OC)(OC)OC)(OCC)OCC. The predicted molar refractivity (Wildman–Crippen MR) is 154 cm³/mol. The Kier molecular flexibility index (Phi) is 19.3. The minimum absolute atomic E-state index is 0.428. The maximum atomic E-state index is 5.98. The predicted octanol–water partition coefficient (Wildman–Crippen LogP) is 2.15. The Morgan fingerprint density at radius 3 is 1.92 bits per heavy atom. The van der Waals surface area contributed by atoms with Crippen molar-refractivity contribution in [2.24, 2.45) is 0 Å². The number of likely N-dealkylation sites (N-methyl/N-ethyl adjacent to an activating group) is 1. The van der Waals surface area contributed by atoms with Crippen LogP contribution in [0.3, 0.4) is 0 Å². The maximum Gasteiger partial charge on any atom is 0.500 e. The quantitative estimate of drug-likeness (QED) is 0.148. The zero-order valence-corrected chi connectivity index (χ0v) is 27.9. The second-order valence-electron chi connectivity index (χ2n) is 9.53. The highest BCUT2D eigenvalue weighted by molar-refractivity contribution is 6.73. The van der Waals surface area contributed by atoms with Gasteiger partial charge in [-0.1, -0.05) is 12.8 Å². The molecule has 12 heteroatoms. The average Bonchev–Trinajstić information content (AvgIpc) is 2.88. The fourth-order valence-corrected chi connectivity index (χ4v) is 14.5. The first kappa shape index (κ1) is 34.3. The van der Waals surface area contributed by atoms with Gasteiger partial charge < -0.3 is 41.7 Å². The lowest BCUT2D eigenvalue weighted by Gasteiger charge is -2.33. The van der Waals surface area contributed by atoms with Crippen molar-refractivity contribution in [3.8, 4) is 0 Å². The summed E-state index contributed by atoms with van der Waals surface area (Å²) >= 11 is 0. The maximum absolute atomic E-state index is 5.98. The first-order valence-electron chi connectivity index (χ1n) is 14.1. The molecule has 0 aromatic heterocycles. The molecule has 0 aromatic carbocycles. The third-order valence-electron chi connectivity index (χ3n) is 7.08. The number of nitrogens with zero attached hydrogens (tertiary/aromatic N) is 2. The molecule has 1 fully saturated rings. The van der Waals surface area contributed by atoms with Crippen molar-refractivity contribution in [1.29, 1.82) is 0 Å². The van der Waals surface area contributed by atoms with E-state index in [1.165, 1.54) is 52.0 Å². The molecule has 0 amide bonds. The van der Waals surface area contributed by atoms with Crippen molar-refractivity contribution in [1.82, 2.24) is 15.1 Å². The summed E-state index contributed by atoms with van der Waals surface area (Å²) in [4.78, 5) is 5.02. The topological polar surface area (TPSA) is 73.9 Å². The first-order valence-corrected chi connectivity index (χ1v) is 19.7. The van der Waals surface area contributed by atoms with Gasteiger partial charge in [0.15, 0.2) is 0 Å². The first-order chi connectivity index (χ1) is 17.4. The number of hydrogen-bond acceptors (Lipinski definition) is 9. The molecule has 1 rings (SSSR count). The van der Waals surface area contributed by atoms with Gasteiger partial charge in [-0.15, -0.1) is 0 Å². The molecule has 36 heavy (non-hydrogen) atoms. The third-order valence-corrected chi connectivity index (χ3v) is 17.3. The fraction of sp³-hybridized carbons (Fsp3) is 1.00. The molecule has 0 spiro atoms. The van der Waals surface area contributed by atoms with Crippen LogP contribution in [-0.2, 0) is 26.6 Å². The minimum Gasteiger partial charge on any atom is -0.377 e. The fourth-order valence-electron chi connectivity index (χ4n) is 5.05. The molecular formula is C24H57N3O6Si3. The summed E-state index contributed by atoms with van der Waals surface area (Å²) < 4.78 is 35.7. The molecule has 0 aliphatic carbocycles. The molecule has 1 atom stereocenters. The van der Waals surface area contributed by atoms with E-state index in [1.807, 2.05) is 20.8 Å². The van der Waals surface area contributed by atoms with Crippen LogP contribution in [-0.4, -0.2) is 131 Å². The highest BCUT2D eigenvalue weighted by Crippen LogP contribution is 2.28. The summed E-state index contributed by atoms with van der Waals surface area (Å²) in [7, 11) is 1.80. The molecule has 1 unspecified atom stereocenters. The van der Waals surface area contributed by atoms with E-state index in [-0.39, 0.29) is 0 Å². The molecule has 0 bridgehead atoms. The van der Waals surface area contributed by atoms with Crippen LogP contribution in [0.2, 0.25) is 11.2 Å². The van der Waals surface area contributed by atoms with Gasteiger partial charge in [0, 0.05) is 88.1 Å². The zero-order chi connectivity index (χ0) is 26.7. The monoisotopic (exact) mass is 567 g/mol. The van der Waals surface area contributed by atoms with Gasteiger partial charge in [-0.3, -0.25) is 0 Å². The Bertz CT molecular complexity index is 504. The number of hydrogen-bond donors (Lipinski definition) is 1. The molecule has 1 N–H and O–H groups in total. The number of nitrogens with one attached hydrogen (secondary N) is 1. The van der Waals surface area contributed by atoms with Gasteiger partial charge in [0.1, 0.15) is 0 Å². The van der Waals surface area contributed by atoms with E-state index in [2.05, 4.69) is 22.2 Å². The van der Waals surface area contributed by atoms with Gasteiger partial charge >= 0.3 is 17.6 Å². The van der Waals surface area contributed by atoms with Crippen LogP contribution in [0.4, 0.5) is 0 Å². The molecule has 0 aromatic rings. The van der Waals surface area contributed by atoms with Gasteiger partial charge in [-0.05, 0) is 66.3 Å². The van der Waals surface area contributed by atoms with Gasteiger partial charge in [0.05, 0.1) is 0 Å². The van der Waals surface area contributed by atoms with Crippen LogP contribution in [0.15, 0.2) is 0 Å². The Labute approximate surface area is 226 Å². The van der Waals surface area contributed by atoms with Gasteiger partial charge in [-0.2, -0.15) is 0 Å². The van der Waals surface area contributed by atoms with Crippen LogP contribution < -0.4 is 5.32 Å². The van der Waals surface area contributed by atoms with Crippen LogP contribution in [0.5, 0.6) is 0 Å². The molecular weight excluding hydrogens is 511 g/mol. The molecule has 1 saturated heterocycles. The Hall–Kier alpha value is 0.291. The van der Waals surface area contributed by atoms with Gasteiger partial charge in [-0.25, -0.2) is 0 Å². The summed E-state index contributed by atoms with van der Waals surface area (Å²) in [6, 6.07) is 0.848. The Morgan fingerprint density at radius 1 is 0.806 bits per heavy atom. The highest BCUT2D eigenvalue weighted by atomic mass is 28.4. The number of piperazine rings is 1. The lowest BCUT2D eigenvalue weighted by Crippen LogP contribution is -2.51. The van der Waals surface area contributed by atoms with E-state index in [0.29, 0.717) is 25.0 Å². The van der Waals surface area contributed by atoms with E-state index < -0.39 is 27.1 Å². The van der Waals surface area contributed by atoms with Crippen LogP contribution in [0, 0.1) is 0 Å². The van der Waals surface area contributed by atoms with Crippen LogP contribution >= 0.6 is 0 Å². The van der Waals surface area contributed by atoms with E-state index in [9.17, 15) is 0 Å². The third kappa shape index (κ3) is 12.4. The van der Waals surface area contributed by atoms with E-state index in [1.54, 1.807) is 21.3 Å². The molecule has 1 heterocycles. The van der Waals surface area contributed by atoms with Gasteiger partial charge in [0.2, 0.25) is 0 Å². The summed E-state index contributed by atoms with van der Waals surface area (Å²) in [6.45, 7) is 14.8. The van der Waals surface area contributed by atoms with Crippen molar-refractivity contribution in [3.63, 3.8) is 0 Å². The van der Waals surface area contributed by atoms with Gasteiger partial charge in [0.25, 0.3) is 0 Å². The highest BCUT2D eigenvalue weighted by Gasteiger charge is 2.46.